The third-order valence-electron chi connectivity index (χ3n) is 3.45. The van der Waals surface area contributed by atoms with Crippen molar-refractivity contribution in [2.24, 2.45) is 16.3 Å². The molecule has 0 heterocycles. The van der Waals surface area contributed by atoms with Crippen LogP contribution in [0.25, 0.3) is 0 Å². The largest absolute Gasteiger partial charge is 0.409 e. The lowest BCUT2D eigenvalue weighted by Crippen LogP contribution is -2.50. The Hall–Kier alpha value is -1.30. The maximum atomic E-state index is 12.5. The van der Waals surface area contributed by atoms with Gasteiger partial charge in [0, 0.05) is 20.3 Å². The van der Waals surface area contributed by atoms with E-state index >= 15 is 0 Å². The SMILES string of the molecule is CCCC(CCC)(C(=O)NCCCCOC)C(N)=NO. The molecule has 118 valence electrons. The van der Waals surface area contributed by atoms with Crippen molar-refractivity contribution in [3.8, 4) is 0 Å². The van der Waals surface area contributed by atoms with Crippen LogP contribution >= 0.6 is 0 Å². The first kappa shape index (κ1) is 18.7. The van der Waals surface area contributed by atoms with Crippen molar-refractivity contribution in [3.05, 3.63) is 0 Å². The number of hydrogen-bond acceptors (Lipinski definition) is 4. The summed E-state index contributed by atoms with van der Waals surface area (Å²) in [7, 11) is 1.66. The Morgan fingerprint density at radius 3 is 2.35 bits per heavy atom. The van der Waals surface area contributed by atoms with Crippen LogP contribution in [0, 0.1) is 5.41 Å². The number of hydrogen-bond donors (Lipinski definition) is 3. The second kappa shape index (κ2) is 10.5. The highest BCUT2D eigenvalue weighted by Crippen LogP contribution is 2.30. The molecular weight excluding hydrogens is 258 g/mol. The average molecular weight is 287 g/mol. The van der Waals surface area contributed by atoms with Crippen LogP contribution in [0.15, 0.2) is 5.16 Å². The van der Waals surface area contributed by atoms with Gasteiger partial charge in [0.1, 0.15) is 5.41 Å². The molecule has 0 aliphatic carbocycles. The van der Waals surface area contributed by atoms with E-state index in [1.807, 2.05) is 13.8 Å². The molecule has 0 bridgehead atoms. The number of unbranched alkanes of at least 4 members (excludes halogenated alkanes) is 1. The number of amidine groups is 1. The van der Waals surface area contributed by atoms with E-state index in [4.69, 9.17) is 15.7 Å². The highest BCUT2D eigenvalue weighted by Gasteiger charge is 2.41. The molecule has 20 heavy (non-hydrogen) atoms. The summed E-state index contributed by atoms with van der Waals surface area (Å²) in [6.45, 7) is 5.24. The zero-order valence-electron chi connectivity index (χ0n) is 12.9. The van der Waals surface area contributed by atoms with Crippen LogP contribution in [-0.4, -0.2) is 37.2 Å². The zero-order valence-corrected chi connectivity index (χ0v) is 12.9. The minimum Gasteiger partial charge on any atom is -0.409 e. The van der Waals surface area contributed by atoms with E-state index in [0.29, 0.717) is 26.0 Å². The lowest BCUT2D eigenvalue weighted by molar-refractivity contribution is -0.128. The Bertz CT molecular complexity index is 300. The summed E-state index contributed by atoms with van der Waals surface area (Å²) in [6, 6.07) is 0. The Kier molecular flexibility index (Phi) is 9.80. The van der Waals surface area contributed by atoms with E-state index in [0.717, 1.165) is 25.7 Å². The van der Waals surface area contributed by atoms with Crippen LogP contribution in [0.2, 0.25) is 0 Å². The number of carbonyl (C=O) groups excluding carboxylic acids is 1. The Morgan fingerprint density at radius 2 is 1.90 bits per heavy atom. The summed E-state index contributed by atoms with van der Waals surface area (Å²) in [6.07, 6.45) is 4.51. The summed E-state index contributed by atoms with van der Waals surface area (Å²) in [5.74, 6) is -0.135. The number of nitrogens with two attached hydrogens (primary N) is 1. The van der Waals surface area contributed by atoms with Gasteiger partial charge in [-0.2, -0.15) is 0 Å². The van der Waals surface area contributed by atoms with Gasteiger partial charge in [-0.3, -0.25) is 4.79 Å². The first-order valence-electron chi connectivity index (χ1n) is 7.34. The molecule has 0 aromatic rings. The Morgan fingerprint density at radius 1 is 1.30 bits per heavy atom. The molecule has 0 aromatic carbocycles. The van der Waals surface area contributed by atoms with E-state index in [9.17, 15) is 4.79 Å². The summed E-state index contributed by atoms with van der Waals surface area (Å²) in [5, 5.41) is 15.0. The standard InChI is InChI=1S/C14H29N3O3/c1-4-8-14(9-5-2,12(15)17-19)13(18)16-10-6-7-11-20-3/h19H,4-11H2,1-3H3,(H2,15,17)(H,16,18). The molecule has 0 aliphatic rings. The number of carbonyl (C=O) groups is 1. The van der Waals surface area contributed by atoms with Gasteiger partial charge in [0.15, 0.2) is 5.84 Å². The fourth-order valence-electron chi connectivity index (χ4n) is 2.42. The Labute approximate surface area is 121 Å². The topological polar surface area (TPSA) is 96.9 Å². The normalized spacial score (nSPS) is 12.4. The van der Waals surface area contributed by atoms with Gasteiger partial charge < -0.3 is 21.0 Å². The maximum absolute atomic E-state index is 12.5. The van der Waals surface area contributed by atoms with Crippen LogP contribution in [0.4, 0.5) is 0 Å². The quantitative estimate of drug-likeness (QED) is 0.178. The molecule has 0 saturated heterocycles. The van der Waals surface area contributed by atoms with Crippen LogP contribution in [0.1, 0.15) is 52.4 Å². The van der Waals surface area contributed by atoms with Crippen molar-refractivity contribution in [3.63, 3.8) is 0 Å². The van der Waals surface area contributed by atoms with Crippen molar-refractivity contribution in [2.75, 3.05) is 20.3 Å². The number of oxime groups is 1. The molecule has 0 spiro atoms. The number of nitrogens with zero attached hydrogens (tertiary/aromatic N) is 1. The van der Waals surface area contributed by atoms with Gasteiger partial charge in [-0.15, -0.1) is 0 Å². The fourth-order valence-corrected chi connectivity index (χ4v) is 2.42. The number of nitrogens with one attached hydrogen (secondary N) is 1. The van der Waals surface area contributed by atoms with Gasteiger partial charge in [-0.25, -0.2) is 0 Å². The van der Waals surface area contributed by atoms with Crippen LogP contribution in [0.5, 0.6) is 0 Å². The first-order chi connectivity index (χ1) is 9.58. The summed E-state index contributed by atoms with van der Waals surface area (Å²) < 4.78 is 4.96. The van der Waals surface area contributed by atoms with Crippen molar-refractivity contribution < 1.29 is 14.7 Å². The zero-order chi connectivity index (χ0) is 15.4. The second-order valence-electron chi connectivity index (χ2n) is 5.02. The van der Waals surface area contributed by atoms with Gasteiger partial charge in [0.2, 0.25) is 5.91 Å². The van der Waals surface area contributed by atoms with Crippen molar-refractivity contribution in [1.82, 2.24) is 5.32 Å². The Balaban J connectivity index is 4.70. The molecule has 0 atom stereocenters. The molecule has 0 unspecified atom stereocenters. The molecule has 4 N–H and O–H groups in total. The molecule has 0 aromatic heterocycles. The molecule has 1 amide bonds. The van der Waals surface area contributed by atoms with Crippen molar-refractivity contribution >= 4 is 11.7 Å². The van der Waals surface area contributed by atoms with E-state index in [1.54, 1.807) is 7.11 Å². The lowest BCUT2D eigenvalue weighted by atomic mass is 9.77. The van der Waals surface area contributed by atoms with Gasteiger partial charge in [-0.05, 0) is 25.7 Å². The first-order valence-corrected chi connectivity index (χ1v) is 7.34. The maximum Gasteiger partial charge on any atom is 0.233 e. The van der Waals surface area contributed by atoms with Crippen molar-refractivity contribution in [1.29, 1.82) is 0 Å². The predicted octanol–water partition coefficient (Wildman–Crippen LogP) is 1.86. The highest BCUT2D eigenvalue weighted by molar-refractivity contribution is 6.06. The molecule has 0 aliphatic heterocycles. The molecular formula is C14H29N3O3. The van der Waals surface area contributed by atoms with Crippen LogP contribution < -0.4 is 11.1 Å². The molecule has 0 fully saturated rings. The highest BCUT2D eigenvalue weighted by atomic mass is 16.5. The molecule has 6 nitrogen and oxygen atoms in total. The van der Waals surface area contributed by atoms with Gasteiger partial charge in [0.05, 0.1) is 0 Å². The van der Waals surface area contributed by atoms with Gasteiger partial charge in [0.25, 0.3) is 0 Å². The van der Waals surface area contributed by atoms with Crippen molar-refractivity contribution in [2.45, 2.75) is 52.4 Å². The molecule has 0 rings (SSSR count). The summed E-state index contributed by atoms with van der Waals surface area (Å²) in [4.78, 5) is 12.5. The summed E-state index contributed by atoms with van der Waals surface area (Å²) in [5.41, 5.74) is 4.91. The second-order valence-corrected chi connectivity index (χ2v) is 5.02. The fraction of sp³-hybridized carbons (Fsp3) is 0.857. The third kappa shape index (κ3) is 5.36. The minimum absolute atomic E-state index is 0.00981. The number of amides is 1. The molecule has 0 radical (unpaired) electrons. The van der Waals surface area contributed by atoms with Gasteiger partial charge in [-0.1, -0.05) is 31.8 Å². The van der Waals surface area contributed by atoms with E-state index in [2.05, 4.69) is 10.5 Å². The van der Waals surface area contributed by atoms with E-state index < -0.39 is 5.41 Å². The van der Waals surface area contributed by atoms with Gasteiger partial charge >= 0.3 is 0 Å². The number of rotatable bonds is 11. The monoisotopic (exact) mass is 287 g/mol. The lowest BCUT2D eigenvalue weighted by Gasteiger charge is -2.30. The van der Waals surface area contributed by atoms with E-state index in [-0.39, 0.29) is 11.7 Å². The number of ether oxygens (including phenoxy) is 1. The van der Waals surface area contributed by atoms with Crippen LogP contribution in [-0.2, 0) is 9.53 Å². The minimum atomic E-state index is -0.889. The van der Waals surface area contributed by atoms with E-state index in [1.165, 1.54) is 0 Å². The average Bonchev–Trinajstić information content (AvgIpc) is 2.45. The predicted molar refractivity (Wildman–Crippen MR) is 79.8 cm³/mol. The number of methoxy groups -OCH3 is 1. The summed E-state index contributed by atoms with van der Waals surface area (Å²) >= 11 is 0. The molecule has 6 heteroatoms. The smallest absolute Gasteiger partial charge is 0.233 e. The molecule has 0 saturated carbocycles. The third-order valence-corrected chi connectivity index (χ3v) is 3.45. The van der Waals surface area contributed by atoms with Crippen LogP contribution in [0.3, 0.4) is 0 Å².